The van der Waals surface area contributed by atoms with Crippen molar-refractivity contribution >= 4 is 28.7 Å². The lowest BCUT2D eigenvalue weighted by molar-refractivity contribution is -0.385. The largest absolute Gasteiger partial charge is 0.483 e. The van der Waals surface area contributed by atoms with Gasteiger partial charge in [-0.15, -0.1) is 0 Å². The van der Waals surface area contributed by atoms with E-state index in [1.54, 1.807) is 26.3 Å². The lowest BCUT2D eigenvalue weighted by Gasteiger charge is -2.11. The number of H-pyrrole nitrogens is 1. The van der Waals surface area contributed by atoms with Crippen LogP contribution in [0.5, 0.6) is 5.75 Å². The highest BCUT2D eigenvalue weighted by atomic mass is 16.6. The number of aromatic nitrogens is 1. The number of nitrogens with one attached hydrogen (secondary N) is 2. The molecule has 8 heteroatoms. The van der Waals surface area contributed by atoms with Gasteiger partial charge in [-0.2, -0.15) is 5.10 Å². The quantitative estimate of drug-likeness (QED) is 0.396. The van der Waals surface area contributed by atoms with Crippen LogP contribution in [0.25, 0.3) is 10.9 Å². The average Bonchev–Trinajstić information content (AvgIpc) is 3.04. The van der Waals surface area contributed by atoms with Crippen molar-refractivity contribution in [2.75, 3.05) is 6.61 Å². The zero-order chi connectivity index (χ0) is 19.4. The maximum atomic E-state index is 11.9. The molecule has 3 aromatic rings. The van der Waals surface area contributed by atoms with Crippen LogP contribution < -0.4 is 10.2 Å². The molecule has 8 nitrogen and oxygen atoms in total. The van der Waals surface area contributed by atoms with Gasteiger partial charge in [0.15, 0.2) is 6.61 Å². The number of hydrogen-bond acceptors (Lipinski definition) is 5. The van der Waals surface area contributed by atoms with Gasteiger partial charge in [0.2, 0.25) is 0 Å². The molecule has 0 unspecified atom stereocenters. The summed E-state index contributed by atoms with van der Waals surface area (Å²) in [6.45, 7) is 3.15. The van der Waals surface area contributed by atoms with E-state index in [2.05, 4.69) is 15.5 Å². The number of nitro groups is 1. The second-order valence-corrected chi connectivity index (χ2v) is 6.04. The molecule has 0 atom stereocenters. The summed E-state index contributed by atoms with van der Waals surface area (Å²) in [7, 11) is 0. The molecule has 1 aromatic heterocycles. The van der Waals surface area contributed by atoms with Crippen LogP contribution in [0, 0.1) is 24.0 Å². The minimum atomic E-state index is -0.462. The summed E-state index contributed by atoms with van der Waals surface area (Å²) >= 11 is 0. The van der Waals surface area contributed by atoms with E-state index in [1.807, 2.05) is 24.3 Å². The zero-order valence-corrected chi connectivity index (χ0v) is 14.9. The average molecular weight is 366 g/mol. The Morgan fingerprint density at radius 2 is 2.00 bits per heavy atom. The van der Waals surface area contributed by atoms with Crippen LogP contribution in [0.15, 0.2) is 47.7 Å². The van der Waals surface area contributed by atoms with Gasteiger partial charge in [0.1, 0.15) is 5.75 Å². The molecule has 27 heavy (non-hydrogen) atoms. The molecule has 0 aliphatic carbocycles. The molecule has 0 aliphatic rings. The minimum Gasteiger partial charge on any atom is -0.483 e. The molecule has 0 spiro atoms. The van der Waals surface area contributed by atoms with Crippen molar-refractivity contribution in [3.05, 3.63) is 69.4 Å². The van der Waals surface area contributed by atoms with Crippen molar-refractivity contribution < 1.29 is 14.5 Å². The number of carbonyl (C=O) groups excluding carboxylic acids is 1. The van der Waals surface area contributed by atoms with E-state index in [0.29, 0.717) is 16.9 Å². The highest BCUT2D eigenvalue weighted by Gasteiger charge is 2.14. The molecule has 0 saturated carbocycles. The van der Waals surface area contributed by atoms with Gasteiger partial charge in [0, 0.05) is 34.8 Å². The smallest absolute Gasteiger partial charge is 0.277 e. The van der Waals surface area contributed by atoms with Crippen LogP contribution >= 0.6 is 0 Å². The monoisotopic (exact) mass is 366 g/mol. The van der Waals surface area contributed by atoms with E-state index < -0.39 is 10.8 Å². The number of benzene rings is 2. The van der Waals surface area contributed by atoms with Crippen molar-refractivity contribution in [2.45, 2.75) is 13.8 Å². The first kappa shape index (κ1) is 18.1. The third kappa shape index (κ3) is 4.12. The van der Waals surface area contributed by atoms with Crippen molar-refractivity contribution in [3.8, 4) is 5.75 Å². The molecular weight excluding hydrogens is 348 g/mol. The van der Waals surface area contributed by atoms with Crippen LogP contribution in [0.4, 0.5) is 5.69 Å². The topological polar surface area (TPSA) is 110 Å². The molecule has 2 aromatic carbocycles. The van der Waals surface area contributed by atoms with Crippen LogP contribution in [0.2, 0.25) is 0 Å². The first-order valence-electron chi connectivity index (χ1n) is 8.22. The summed E-state index contributed by atoms with van der Waals surface area (Å²) in [5.41, 5.74) is 5.43. The molecule has 0 bridgehead atoms. The fraction of sp³-hybridized carbons (Fsp3) is 0.158. The minimum absolute atomic E-state index is 0.00914. The SMILES string of the molecule is Cc1cc([N+](=O)[O-])cc(C)c1OCC(=O)NN=Cc1c[nH]c2ccccc12. The first-order chi connectivity index (χ1) is 13.0. The van der Waals surface area contributed by atoms with E-state index in [0.717, 1.165) is 16.5 Å². The summed E-state index contributed by atoms with van der Waals surface area (Å²) in [6, 6.07) is 10.6. The first-order valence-corrected chi connectivity index (χ1v) is 8.22. The number of rotatable bonds is 6. The number of aromatic amines is 1. The second kappa shape index (κ2) is 7.69. The number of para-hydroxylation sites is 1. The number of aryl methyl sites for hydroxylation is 2. The van der Waals surface area contributed by atoms with Gasteiger partial charge in [-0.3, -0.25) is 14.9 Å². The fourth-order valence-corrected chi connectivity index (χ4v) is 2.81. The summed E-state index contributed by atoms with van der Waals surface area (Å²) in [4.78, 5) is 25.5. The highest BCUT2D eigenvalue weighted by Crippen LogP contribution is 2.28. The van der Waals surface area contributed by atoms with Gasteiger partial charge in [-0.25, -0.2) is 5.43 Å². The number of ether oxygens (including phenoxy) is 1. The van der Waals surface area contributed by atoms with Crippen LogP contribution in [-0.2, 0) is 4.79 Å². The van der Waals surface area contributed by atoms with E-state index in [1.165, 1.54) is 12.1 Å². The Labute approximate surface area is 155 Å². The third-order valence-electron chi connectivity index (χ3n) is 4.02. The lowest BCUT2D eigenvalue weighted by Crippen LogP contribution is -2.25. The molecule has 138 valence electrons. The van der Waals surface area contributed by atoms with Crippen molar-refractivity contribution in [3.63, 3.8) is 0 Å². The number of hydrazone groups is 1. The van der Waals surface area contributed by atoms with E-state index >= 15 is 0 Å². The summed E-state index contributed by atoms with van der Waals surface area (Å²) in [6.07, 6.45) is 3.36. The Kier molecular flexibility index (Phi) is 5.16. The van der Waals surface area contributed by atoms with Crippen LogP contribution in [-0.4, -0.2) is 28.6 Å². The summed E-state index contributed by atoms with van der Waals surface area (Å²) < 4.78 is 5.51. The summed E-state index contributed by atoms with van der Waals surface area (Å²) in [5.74, 6) is 0.0274. The molecule has 1 amide bonds. The van der Waals surface area contributed by atoms with Gasteiger partial charge >= 0.3 is 0 Å². The van der Waals surface area contributed by atoms with E-state index in [-0.39, 0.29) is 12.3 Å². The Morgan fingerprint density at radius 3 is 2.70 bits per heavy atom. The standard InChI is InChI=1S/C19H18N4O4/c1-12-7-15(23(25)26)8-13(2)19(12)27-11-18(24)22-21-10-14-9-20-17-6-4-3-5-16(14)17/h3-10,20H,11H2,1-2H3,(H,22,24). The van der Waals surface area contributed by atoms with Gasteiger partial charge in [-0.05, 0) is 31.0 Å². The zero-order valence-electron chi connectivity index (χ0n) is 14.9. The number of fused-ring (bicyclic) bond motifs is 1. The molecule has 2 N–H and O–H groups in total. The Balaban J connectivity index is 1.59. The van der Waals surface area contributed by atoms with E-state index in [9.17, 15) is 14.9 Å². The lowest BCUT2D eigenvalue weighted by atomic mass is 10.1. The number of amides is 1. The van der Waals surface area contributed by atoms with Gasteiger partial charge < -0.3 is 9.72 Å². The fourth-order valence-electron chi connectivity index (χ4n) is 2.81. The molecule has 1 heterocycles. The molecule has 0 saturated heterocycles. The Hall–Kier alpha value is -3.68. The maximum Gasteiger partial charge on any atom is 0.277 e. The Morgan fingerprint density at radius 1 is 1.30 bits per heavy atom. The third-order valence-corrected chi connectivity index (χ3v) is 4.02. The van der Waals surface area contributed by atoms with Crippen LogP contribution in [0.3, 0.4) is 0 Å². The van der Waals surface area contributed by atoms with Crippen molar-refractivity contribution in [1.82, 2.24) is 10.4 Å². The normalized spacial score (nSPS) is 11.0. The van der Waals surface area contributed by atoms with Crippen molar-refractivity contribution in [1.29, 1.82) is 0 Å². The number of carbonyl (C=O) groups is 1. The number of nitro benzene ring substituents is 1. The number of non-ortho nitro benzene ring substituents is 1. The van der Waals surface area contributed by atoms with Gasteiger partial charge in [0.05, 0.1) is 11.1 Å². The van der Waals surface area contributed by atoms with Gasteiger partial charge in [-0.1, -0.05) is 18.2 Å². The maximum absolute atomic E-state index is 11.9. The predicted octanol–water partition coefficient (Wildman–Crippen LogP) is 3.22. The van der Waals surface area contributed by atoms with Crippen molar-refractivity contribution in [2.24, 2.45) is 5.10 Å². The molecular formula is C19H18N4O4. The molecule has 3 rings (SSSR count). The Bertz CT molecular complexity index is 1020. The predicted molar refractivity (Wildman–Crippen MR) is 102 cm³/mol. The molecule has 0 radical (unpaired) electrons. The summed E-state index contributed by atoms with van der Waals surface area (Å²) in [5, 5.41) is 15.8. The molecule has 0 fully saturated rings. The second-order valence-electron chi connectivity index (χ2n) is 6.04. The van der Waals surface area contributed by atoms with Gasteiger partial charge in [0.25, 0.3) is 11.6 Å². The molecule has 0 aliphatic heterocycles. The highest BCUT2D eigenvalue weighted by molar-refractivity contribution is 5.99. The number of nitrogens with zero attached hydrogens (tertiary/aromatic N) is 2. The van der Waals surface area contributed by atoms with E-state index in [4.69, 9.17) is 4.74 Å². The van der Waals surface area contributed by atoms with Crippen LogP contribution in [0.1, 0.15) is 16.7 Å². The number of hydrogen-bond donors (Lipinski definition) is 2.